The van der Waals surface area contributed by atoms with Crippen LogP contribution in [0.25, 0.3) is 11.1 Å². The van der Waals surface area contributed by atoms with Gasteiger partial charge < -0.3 is 10.5 Å². The Labute approximate surface area is 169 Å². The second kappa shape index (κ2) is 7.29. The maximum absolute atomic E-state index is 13.9. The van der Waals surface area contributed by atoms with E-state index in [1.54, 1.807) is 26.2 Å². The van der Waals surface area contributed by atoms with Gasteiger partial charge >= 0.3 is 0 Å². The lowest BCUT2D eigenvalue weighted by Gasteiger charge is -2.20. The van der Waals surface area contributed by atoms with Crippen LogP contribution in [-0.2, 0) is 24.3 Å². The third-order valence-corrected chi connectivity index (χ3v) is 6.32. The van der Waals surface area contributed by atoms with Crippen LogP contribution in [0.5, 0.6) is 5.75 Å². The molecule has 2 aromatic heterocycles. The normalized spacial score (nSPS) is 18.4. The van der Waals surface area contributed by atoms with Crippen LogP contribution in [0.1, 0.15) is 30.0 Å². The van der Waals surface area contributed by atoms with E-state index in [0.717, 1.165) is 0 Å². The topological polar surface area (TPSA) is 107 Å². The van der Waals surface area contributed by atoms with E-state index in [0.29, 0.717) is 45.1 Å². The number of halogens is 1. The van der Waals surface area contributed by atoms with Crippen LogP contribution in [0, 0.1) is 17.1 Å². The molecule has 3 aromatic rings. The Balaban J connectivity index is 1.94. The van der Waals surface area contributed by atoms with E-state index in [2.05, 4.69) is 16.2 Å². The number of nitriles is 1. The monoisotopic (exact) mass is 411 g/mol. The highest BCUT2D eigenvalue weighted by Gasteiger charge is 2.24. The standard InChI is InChI=1S/C20H18FN5O2S/c1-11-14-8-13(21)3-4-18(14)29(27)6-5-15-19(16(9-22)26(2)25-15)12-7-17(28-11)20(23)24-10-12/h3-4,7-8,10-11H,5-6H2,1-2H3,(H2,23,24). The van der Waals surface area contributed by atoms with Crippen molar-refractivity contribution in [1.82, 2.24) is 14.8 Å². The fraction of sp³-hybridized carbons (Fsp3) is 0.250. The number of benzene rings is 1. The molecule has 1 aromatic carbocycles. The van der Waals surface area contributed by atoms with Gasteiger partial charge in [0.1, 0.15) is 23.7 Å². The smallest absolute Gasteiger partial charge is 0.166 e. The number of aromatic nitrogens is 3. The molecule has 0 saturated heterocycles. The number of pyridine rings is 1. The number of nitrogen functional groups attached to an aromatic ring is 1. The van der Waals surface area contributed by atoms with E-state index in [1.807, 2.05) is 0 Å². The van der Waals surface area contributed by atoms with Gasteiger partial charge in [-0.15, -0.1) is 0 Å². The molecule has 0 spiro atoms. The number of rotatable bonds is 0. The number of hydrogen-bond donors (Lipinski definition) is 1. The molecule has 9 heteroatoms. The zero-order valence-corrected chi connectivity index (χ0v) is 16.7. The third kappa shape index (κ3) is 3.36. The Morgan fingerprint density at radius 2 is 2.21 bits per heavy atom. The molecule has 29 heavy (non-hydrogen) atoms. The van der Waals surface area contributed by atoms with Crippen molar-refractivity contribution in [2.75, 3.05) is 11.5 Å². The van der Waals surface area contributed by atoms with Crippen LogP contribution < -0.4 is 10.5 Å². The molecule has 0 amide bonds. The van der Waals surface area contributed by atoms with Gasteiger partial charge in [0.05, 0.1) is 16.5 Å². The summed E-state index contributed by atoms with van der Waals surface area (Å²) in [4.78, 5) is 4.71. The number of nitrogens with zero attached hydrogens (tertiary/aromatic N) is 4. The molecule has 3 heterocycles. The van der Waals surface area contributed by atoms with Gasteiger partial charge in [0.25, 0.3) is 0 Å². The quantitative estimate of drug-likeness (QED) is 0.610. The Hall–Kier alpha value is -3.25. The van der Waals surface area contributed by atoms with Crippen molar-refractivity contribution in [2.45, 2.75) is 24.3 Å². The first-order valence-corrected chi connectivity index (χ1v) is 10.3. The molecule has 1 aliphatic rings. The van der Waals surface area contributed by atoms with Crippen molar-refractivity contribution in [3.05, 3.63) is 53.2 Å². The second-order valence-corrected chi connectivity index (χ2v) is 8.29. The van der Waals surface area contributed by atoms with Gasteiger partial charge in [0.15, 0.2) is 11.6 Å². The van der Waals surface area contributed by atoms with Gasteiger partial charge in [-0.05, 0) is 31.2 Å². The highest BCUT2D eigenvalue weighted by Crippen LogP contribution is 2.35. The largest absolute Gasteiger partial charge is 0.482 e. The molecule has 0 radical (unpaired) electrons. The summed E-state index contributed by atoms with van der Waals surface area (Å²) in [6.07, 6.45) is 1.33. The summed E-state index contributed by atoms with van der Waals surface area (Å²) in [5.41, 5.74) is 8.74. The zero-order chi connectivity index (χ0) is 20.7. The van der Waals surface area contributed by atoms with Crippen LogP contribution in [0.15, 0.2) is 35.4 Å². The first-order chi connectivity index (χ1) is 13.9. The molecule has 0 saturated carbocycles. The lowest BCUT2D eigenvalue weighted by atomic mass is 10.0. The summed E-state index contributed by atoms with van der Waals surface area (Å²) in [5.74, 6) is 0.305. The van der Waals surface area contributed by atoms with Crippen LogP contribution in [-0.4, -0.2) is 24.7 Å². The molecule has 0 fully saturated rings. The average Bonchev–Trinajstić information content (AvgIpc) is 3.02. The molecule has 148 valence electrons. The minimum Gasteiger partial charge on any atom is -0.482 e. The predicted octanol–water partition coefficient (Wildman–Crippen LogP) is 2.88. The minimum absolute atomic E-state index is 0.167. The summed E-state index contributed by atoms with van der Waals surface area (Å²) in [6.45, 7) is 1.74. The molecular weight excluding hydrogens is 393 g/mol. The lowest BCUT2D eigenvalue weighted by molar-refractivity contribution is 0.224. The Kier molecular flexibility index (Phi) is 4.80. The fourth-order valence-corrected chi connectivity index (χ4v) is 4.78. The van der Waals surface area contributed by atoms with Crippen LogP contribution in [0.3, 0.4) is 0 Å². The summed E-state index contributed by atoms with van der Waals surface area (Å²) < 4.78 is 34.4. The first kappa shape index (κ1) is 19.1. The summed E-state index contributed by atoms with van der Waals surface area (Å²) >= 11 is 0. The molecule has 4 rings (SSSR count). The average molecular weight is 411 g/mol. The van der Waals surface area contributed by atoms with E-state index in [4.69, 9.17) is 10.5 Å². The Morgan fingerprint density at radius 1 is 1.41 bits per heavy atom. The molecule has 0 aliphatic carbocycles. The van der Waals surface area contributed by atoms with Gasteiger partial charge in [-0.1, -0.05) is 0 Å². The maximum Gasteiger partial charge on any atom is 0.166 e. The summed E-state index contributed by atoms with van der Waals surface area (Å²) in [6, 6.07) is 8.00. The Bertz CT molecular complexity index is 1180. The van der Waals surface area contributed by atoms with Gasteiger partial charge in [-0.25, -0.2) is 9.37 Å². The third-order valence-electron chi connectivity index (χ3n) is 4.88. The van der Waals surface area contributed by atoms with Crippen molar-refractivity contribution in [1.29, 1.82) is 5.26 Å². The molecule has 2 atom stereocenters. The van der Waals surface area contributed by atoms with E-state index in [-0.39, 0.29) is 11.6 Å². The second-order valence-electron chi connectivity index (χ2n) is 6.75. The SMILES string of the molecule is CC1Oc2cc(cnc2N)-c2c(nn(C)c2C#N)CCS(=O)c2ccc(F)cc21. The van der Waals surface area contributed by atoms with Gasteiger partial charge in [-0.3, -0.25) is 8.89 Å². The van der Waals surface area contributed by atoms with E-state index in [9.17, 15) is 13.9 Å². The van der Waals surface area contributed by atoms with Crippen molar-refractivity contribution >= 4 is 16.6 Å². The highest BCUT2D eigenvalue weighted by molar-refractivity contribution is 7.85. The first-order valence-electron chi connectivity index (χ1n) is 8.95. The fourth-order valence-electron chi connectivity index (χ4n) is 3.47. The van der Waals surface area contributed by atoms with Crippen LogP contribution in [0.2, 0.25) is 0 Å². The number of aryl methyl sites for hydroxylation is 2. The lowest BCUT2D eigenvalue weighted by Crippen LogP contribution is -2.13. The van der Waals surface area contributed by atoms with Crippen molar-refractivity contribution in [3.63, 3.8) is 0 Å². The van der Waals surface area contributed by atoms with Crippen LogP contribution >= 0.6 is 0 Å². The van der Waals surface area contributed by atoms with Crippen molar-refractivity contribution < 1.29 is 13.3 Å². The summed E-state index contributed by atoms with van der Waals surface area (Å²) in [5, 5.41) is 14.1. The number of hydrogen-bond acceptors (Lipinski definition) is 6. The number of nitrogens with two attached hydrogens (primary N) is 1. The van der Waals surface area contributed by atoms with E-state index >= 15 is 0 Å². The van der Waals surface area contributed by atoms with E-state index < -0.39 is 22.7 Å². The van der Waals surface area contributed by atoms with Gasteiger partial charge in [0.2, 0.25) is 0 Å². The number of anilines is 1. The predicted molar refractivity (Wildman–Crippen MR) is 106 cm³/mol. The summed E-state index contributed by atoms with van der Waals surface area (Å²) in [7, 11) is 0.278. The molecule has 2 N–H and O–H groups in total. The Morgan fingerprint density at radius 3 is 2.97 bits per heavy atom. The highest BCUT2D eigenvalue weighted by atomic mass is 32.2. The molecule has 2 bridgehead atoms. The van der Waals surface area contributed by atoms with Crippen LogP contribution in [0.4, 0.5) is 10.2 Å². The molecule has 1 aliphatic heterocycles. The molecule has 7 nitrogen and oxygen atoms in total. The minimum atomic E-state index is -1.41. The van der Waals surface area contributed by atoms with Crippen molar-refractivity contribution in [3.8, 4) is 22.9 Å². The molecule has 2 unspecified atom stereocenters. The maximum atomic E-state index is 13.9. The number of fused-ring (bicyclic) bond motifs is 5. The molecular formula is C20H18FN5O2S. The zero-order valence-electron chi connectivity index (χ0n) is 15.8. The van der Waals surface area contributed by atoms with Gasteiger partial charge in [-0.2, -0.15) is 10.4 Å². The van der Waals surface area contributed by atoms with Gasteiger partial charge in [0, 0.05) is 47.0 Å². The van der Waals surface area contributed by atoms with Crippen molar-refractivity contribution in [2.24, 2.45) is 7.05 Å². The number of ether oxygens (including phenoxy) is 1. The van der Waals surface area contributed by atoms with E-state index in [1.165, 1.54) is 22.9 Å².